The molecular formula is C29H32ClN3O2. The van der Waals surface area contributed by atoms with Crippen LogP contribution in [0.25, 0.3) is 11.0 Å². The Hall–Kier alpha value is -3.31. The number of amides is 1. The lowest BCUT2D eigenvalue weighted by molar-refractivity contribution is 0.0953. The van der Waals surface area contributed by atoms with Crippen molar-refractivity contribution in [2.45, 2.75) is 46.6 Å². The van der Waals surface area contributed by atoms with Gasteiger partial charge in [-0.2, -0.15) is 0 Å². The third-order valence-corrected chi connectivity index (χ3v) is 6.71. The van der Waals surface area contributed by atoms with Gasteiger partial charge in [0.25, 0.3) is 5.91 Å². The standard InChI is InChI=1S/C29H32ClN3O2/c1-20-11-13-23(14-12-20)29(34)31-15-6-10-27-32-25-8-4-5-9-26(25)33(27)16-7-17-35-24-18-21(2)28(30)22(3)19-24/h4-5,8-9,11-14,18-19H,6-7,10,15-17H2,1-3H3,(H,31,34). The van der Waals surface area contributed by atoms with Crippen LogP contribution in [0.5, 0.6) is 5.75 Å². The zero-order valence-electron chi connectivity index (χ0n) is 20.6. The molecule has 0 saturated carbocycles. The Kier molecular flexibility index (Phi) is 8.09. The lowest BCUT2D eigenvalue weighted by atomic mass is 10.1. The molecule has 5 nitrogen and oxygen atoms in total. The number of aromatic nitrogens is 2. The van der Waals surface area contributed by atoms with Crippen LogP contribution in [-0.2, 0) is 13.0 Å². The number of ether oxygens (including phenoxy) is 1. The van der Waals surface area contributed by atoms with Gasteiger partial charge in [0.1, 0.15) is 11.6 Å². The Bertz CT molecular complexity index is 1290. The van der Waals surface area contributed by atoms with Crippen LogP contribution >= 0.6 is 11.6 Å². The van der Waals surface area contributed by atoms with E-state index in [1.807, 2.05) is 75.4 Å². The van der Waals surface area contributed by atoms with Crippen LogP contribution in [-0.4, -0.2) is 28.6 Å². The van der Waals surface area contributed by atoms with E-state index in [1.54, 1.807) is 0 Å². The van der Waals surface area contributed by atoms with E-state index in [0.29, 0.717) is 18.7 Å². The minimum atomic E-state index is -0.0386. The Morgan fingerprint density at radius 2 is 1.71 bits per heavy atom. The second-order valence-electron chi connectivity index (χ2n) is 8.97. The highest BCUT2D eigenvalue weighted by atomic mass is 35.5. The number of rotatable bonds is 10. The van der Waals surface area contributed by atoms with Crippen LogP contribution in [0.3, 0.4) is 0 Å². The van der Waals surface area contributed by atoms with Crippen molar-refractivity contribution >= 4 is 28.5 Å². The normalized spacial score (nSPS) is 11.1. The van der Waals surface area contributed by atoms with Crippen LogP contribution in [0.2, 0.25) is 5.02 Å². The number of carbonyl (C=O) groups is 1. The topological polar surface area (TPSA) is 56.2 Å². The van der Waals surface area contributed by atoms with Gasteiger partial charge in [0.05, 0.1) is 17.6 Å². The summed E-state index contributed by atoms with van der Waals surface area (Å²) in [6, 6.07) is 19.8. The van der Waals surface area contributed by atoms with Crippen LogP contribution in [0, 0.1) is 20.8 Å². The summed E-state index contributed by atoms with van der Waals surface area (Å²) in [5.74, 6) is 1.85. The highest BCUT2D eigenvalue weighted by Crippen LogP contribution is 2.26. The van der Waals surface area contributed by atoms with E-state index in [4.69, 9.17) is 21.3 Å². The summed E-state index contributed by atoms with van der Waals surface area (Å²) < 4.78 is 8.28. The molecule has 0 bridgehead atoms. The maximum absolute atomic E-state index is 12.4. The van der Waals surface area contributed by atoms with Crippen LogP contribution < -0.4 is 10.1 Å². The van der Waals surface area contributed by atoms with Gasteiger partial charge >= 0.3 is 0 Å². The van der Waals surface area contributed by atoms with Crippen molar-refractivity contribution in [3.63, 3.8) is 0 Å². The summed E-state index contributed by atoms with van der Waals surface area (Å²) in [5.41, 5.74) is 6.01. The van der Waals surface area contributed by atoms with Crippen LogP contribution in [0.4, 0.5) is 0 Å². The van der Waals surface area contributed by atoms with E-state index in [1.165, 1.54) is 0 Å². The Balaban J connectivity index is 1.33. The molecule has 0 aliphatic rings. The molecule has 0 saturated heterocycles. The van der Waals surface area contributed by atoms with Crippen LogP contribution in [0.1, 0.15) is 45.7 Å². The number of hydrogen-bond donors (Lipinski definition) is 1. The highest BCUT2D eigenvalue weighted by molar-refractivity contribution is 6.32. The summed E-state index contributed by atoms with van der Waals surface area (Å²) in [7, 11) is 0. The molecule has 1 amide bonds. The number of aryl methyl sites for hydroxylation is 5. The Morgan fingerprint density at radius 3 is 2.46 bits per heavy atom. The molecule has 1 aromatic heterocycles. The van der Waals surface area contributed by atoms with Gasteiger partial charge in [0.2, 0.25) is 0 Å². The predicted molar refractivity (Wildman–Crippen MR) is 143 cm³/mol. The number of para-hydroxylation sites is 2. The minimum Gasteiger partial charge on any atom is -0.494 e. The molecule has 0 fully saturated rings. The zero-order chi connectivity index (χ0) is 24.8. The fraction of sp³-hybridized carbons (Fsp3) is 0.310. The molecule has 182 valence electrons. The number of hydrogen-bond acceptors (Lipinski definition) is 3. The molecule has 1 N–H and O–H groups in total. The second-order valence-corrected chi connectivity index (χ2v) is 9.34. The molecule has 4 aromatic rings. The highest BCUT2D eigenvalue weighted by Gasteiger charge is 2.11. The average Bonchev–Trinajstić information content (AvgIpc) is 3.20. The van der Waals surface area contributed by atoms with Gasteiger partial charge in [-0.3, -0.25) is 4.79 Å². The van der Waals surface area contributed by atoms with E-state index in [2.05, 4.69) is 16.0 Å². The largest absolute Gasteiger partial charge is 0.494 e. The lowest BCUT2D eigenvalue weighted by Gasteiger charge is -2.12. The quantitative estimate of drug-likeness (QED) is 0.260. The van der Waals surface area contributed by atoms with Gasteiger partial charge in [-0.1, -0.05) is 41.4 Å². The van der Waals surface area contributed by atoms with E-state index in [0.717, 1.165) is 70.1 Å². The number of imidazole rings is 1. The van der Waals surface area contributed by atoms with Crippen LogP contribution in [0.15, 0.2) is 60.7 Å². The molecule has 3 aromatic carbocycles. The number of benzene rings is 3. The molecule has 0 aliphatic heterocycles. The number of halogens is 1. The van der Waals surface area contributed by atoms with Crippen molar-refractivity contribution in [2.75, 3.05) is 13.2 Å². The lowest BCUT2D eigenvalue weighted by Crippen LogP contribution is -2.25. The molecule has 4 rings (SSSR count). The fourth-order valence-corrected chi connectivity index (χ4v) is 4.33. The van der Waals surface area contributed by atoms with E-state index in [-0.39, 0.29) is 5.91 Å². The van der Waals surface area contributed by atoms with Gasteiger partial charge in [0.15, 0.2) is 0 Å². The maximum atomic E-state index is 12.4. The third-order valence-electron chi connectivity index (χ3n) is 6.11. The summed E-state index contributed by atoms with van der Waals surface area (Å²) in [6.07, 6.45) is 2.47. The molecule has 0 spiro atoms. The zero-order valence-corrected chi connectivity index (χ0v) is 21.4. The minimum absolute atomic E-state index is 0.0386. The second kappa shape index (κ2) is 11.4. The molecular weight excluding hydrogens is 458 g/mol. The SMILES string of the molecule is Cc1ccc(C(=O)NCCCc2nc3ccccc3n2CCCOc2cc(C)c(Cl)c(C)c2)cc1. The van der Waals surface area contributed by atoms with Gasteiger partial charge in [0, 0.05) is 30.1 Å². The average molecular weight is 490 g/mol. The number of nitrogens with one attached hydrogen (secondary N) is 1. The fourth-order valence-electron chi connectivity index (χ4n) is 4.22. The summed E-state index contributed by atoms with van der Waals surface area (Å²) >= 11 is 6.27. The summed E-state index contributed by atoms with van der Waals surface area (Å²) in [6.45, 7) is 8.04. The molecule has 35 heavy (non-hydrogen) atoms. The smallest absolute Gasteiger partial charge is 0.251 e. The predicted octanol–water partition coefficient (Wildman–Crippen LogP) is 6.45. The molecule has 0 unspecified atom stereocenters. The first-order valence-corrected chi connectivity index (χ1v) is 12.5. The van der Waals surface area contributed by atoms with Crippen molar-refractivity contribution < 1.29 is 9.53 Å². The number of fused-ring (bicyclic) bond motifs is 1. The molecule has 0 atom stereocenters. The first-order chi connectivity index (χ1) is 16.9. The van der Waals surface area contributed by atoms with Crippen molar-refractivity contribution in [3.05, 3.63) is 93.8 Å². The number of nitrogens with zero attached hydrogens (tertiary/aromatic N) is 2. The van der Waals surface area contributed by atoms with Crippen molar-refractivity contribution in [1.82, 2.24) is 14.9 Å². The molecule has 1 heterocycles. The third kappa shape index (κ3) is 6.23. The first-order valence-electron chi connectivity index (χ1n) is 12.1. The van der Waals surface area contributed by atoms with Crippen molar-refractivity contribution in [2.24, 2.45) is 0 Å². The van der Waals surface area contributed by atoms with E-state index >= 15 is 0 Å². The first kappa shape index (κ1) is 24.8. The molecule has 0 radical (unpaired) electrons. The van der Waals surface area contributed by atoms with Crippen molar-refractivity contribution in [1.29, 1.82) is 0 Å². The van der Waals surface area contributed by atoms with Gasteiger partial charge in [-0.05, 0) is 81.1 Å². The van der Waals surface area contributed by atoms with E-state index < -0.39 is 0 Å². The number of carbonyl (C=O) groups excluding carboxylic acids is 1. The van der Waals surface area contributed by atoms with Crippen molar-refractivity contribution in [3.8, 4) is 5.75 Å². The van der Waals surface area contributed by atoms with E-state index in [9.17, 15) is 4.79 Å². The Morgan fingerprint density at radius 1 is 1.00 bits per heavy atom. The van der Waals surface area contributed by atoms with Gasteiger partial charge in [-0.15, -0.1) is 0 Å². The Labute approximate surface area is 212 Å². The maximum Gasteiger partial charge on any atom is 0.251 e. The molecule has 0 aliphatic carbocycles. The van der Waals surface area contributed by atoms with Gasteiger partial charge in [-0.25, -0.2) is 4.98 Å². The molecule has 6 heteroatoms. The summed E-state index contributed by atoms with van der Waals surface area (Å²) in [4.78, 5) is 17.2. The van der Waals surface area contributed by atoms with Gasteiger partial charge < -0.3 is 14.6 Å². The monoisotopic (exact) mass is 489 g/mol. The summed E-state index contributed by atoms with van der Waals surface area (Å²) in [5, 5.41) is 3.81.